The summed E-state index contributed by atoms with van der Waals surface area (Å²) in [4.78, 5) is 24.1. The van der Waals surface area contributed by atoms with Crippen LogP contribution in [0.4, 0.5) is 11.4 Å². The van der Waals surface area contributed by atoms with E-state index in [0.29, 0.717) is 11.3 Å². The average molecular weight is 263 g/mol. The molecule has 1 aromatic carbocycles. The molecule has 1 aliphatic rings. The number of likely N-dealkylation sites (tertiary alicyclic amines) is 1. The molecular weight excluding hydrogens is 246 g/mol. The first-order chi connectivity index (χ1) is 9.09. The third-order valence-corrected chi connectivity index (χ3v) is 3.39. The molecule has 6 heteroatoms. The average Bonchev–Trinajstić information content (AvgIpc) is 2.90. The van der Waals surface area contributed by atoms with Crippen LogP contribution < -0.4 is 5.32 Å². The summed E-state index contributed by atoms with van der Waals surface area (Å²) in [6.45, 7) is 3.49. The highest BCUT2D eigenvalue weighted by molar-refractivity contribution is 5.81. The van der Waals surface area contributed by atoms with Crippen molar-refractivity contribution < 1.29 is 9.72 Å². The van der Waals surface area contributed by atoms with E-state index in [2.05, 4.69) is 5.32 Å². The van der Waals surface area contributed by atoms with Gasteiger partial charge in [0.25, 0.3) is 5.69 Å². The molecule has 1 aromatic rings. The van der Waals surface area contributed by atoms with Gasteiger partial charge in [-0.05, 0) is 25.8 Å². The number of nitro groups is 1. The van der Waals surface area contributed by atoms with Crippen molar-refractivity contribution in [3.8, 4) is 0 Å². The lowest BCUT2D eigenvalue weighted by Crippen LogP contribution is -2.33. The van der Waals surface area contributed by atoms with E-state index in [9.17, 15) is 14.9 Å². The highest BCUT2D eigenvalue weighted by atomic mass is 16.6. The van der Waals surface area contributed by atoms with Crippen LogP contribution in [-0.2, 0) is 4.79 Å². The van der Waals surface area contributed by atoms with Gasteiger partial charge in [0.05, 0.1) is 11.5 Å². The van der Waals surface area contributed by atoms with Gasteiger partial charge in [-0.15, -0.1) is 0 Å². The van der Waals surface area contributed by atoms with Crippen molar-refractivity contribution >= 4 is 17.3 Å². The molecule has 0 aliphatic carbocycles. The number of carbonyl (C=O) groups excluding carboxylic acids is 1. The minimum absolute atomic E-state index is 0.0448. The molecule has 0 unspecified atom stereocenters. The maximum absolute atomic E-state index is 11.9. The van der Waals surface area contributed by atoms with Crippen LogP contribution in [0, 0.1) is 17.0 Å². The molecule has 1 saturated heterocycles. The van der Waals surface area contributed by atoms with E-state index in [4.69, 9.17) is 0 Å². The van der Waals surface area contributed by atoms with Crippen molar-refractivity contribution in [2.45, 2.75) is 19.8 Å². The van der Waals surface area contributed by atoms with Crippen LogP contribution in [0.25, 0.3) is 0 Å². The molecule has 0 saturated carbocycles. The zero-order valence-electron chi connectivity index (χ0n) is 10.9. The van der Waals surface area contributed by atoms with Crippen LogP contribution in [0.3, 0.4) is 0 Å². The Morgan fingerprint density at radius 1 is 1.42 bits per heavy atom. The van der Waals surface area contributed by atoms with Gasteiger partial charge >= 0.3 is 0 Å². The van der Waals surface area contributed by atoms with Crippen LogP contribution in [0.5, 0.6) is 0 Å². The molecule has 0 aromatic heterocycles. The molecule has 0 atom stereocenters. The Labute approximate surface area is 111 Å². The lowest BCUT2D eigenvalue weighted by atomic mass is 10.1. The van der Waals surface area contributed by atoms with Gasteiger partial charge < -0.3 is 10.2 Å². The quantitative estimate of drug-likeness (QED) is 0.665. The first kappa shape index (κ1) is 13.3. The molecule has 1 fully saturated rings. The summed E-state index contributed by atoms with van der Waals surface area (Å²) < 4.78 is 0. The third-order valence-electron chi connectivity index (χ3n) is 3.39. The van der Waals surface area contributed by atoms with Crippen LogP contribution in [0.1, 0.15) is 18.4 Å². The fourth-order valence-electron chi connectivity index (χ4n) is 2.26. The molecule has 1 heterocycles. The molecule has 2 rings (SSSR count). The second kappa shape index (κ2) is 5.69. The summed E-state index contributed by atoms with van der Waals surface area (Å²) in [6.07, 6.45) is 2.11. The first-order valence-corrected chi connectivity index (χ1v) is 6.35. The number of hydrogen-bond donors (Lipinski definition) is 1. The second-order valence-corrected chi connectivity index (χ2v) is 4.65. The van der Waals surface area contributed by atoms with E-state index in [0.717, 1.165) is 25.9 Å². The predicted octanol–water partition coefficient (Wildman–Crippen LogP) is 1.94. The van der Waals surface area contributed by atoms with Crippen LogP contribution in [-0.4, -0.2) is 35.4 Å². The van der Waals surface area contributed by atoms with Gasteiger partial charge in [-0.25, -0.2) is 0 Å². The molecule has 19 heavy (non-hydrogen) atoms. The Balaban J connectivity index is 2.01. The standard InChI is InChI=1S/C13H17N3O3/c1-10-11(5-4-6-12(10)16(18)19)14-9-13(17)15-7-2-3-8-15/h4-6,14H,2-3,7-9H2,1H3. The number of nitrogens with one attached hydrogen (secondary N) is 1. The Kier molecular flexibility index (Phi) is 3.99. The smallest absolute Gasteiger partial charge is 0.274 e. The van der Waals surface area contributed by atoms with Crippen molar-refractivity contribution in [3.05, 3.63) is 33.9 Å². The zero-order chi connectivity index (χ0) is 13.8. The van der Waals surface area contributed by atoms with E-state index in [-0.39, 0.29) is 18.1 Å². The molecule has 102 valence electrons. The molecule has 6 nitrogen and oxygen atoms in total. The minimum atomic E-state index is -0.414. The van der Waals surface area contributed by atoms with Crippen molar-refractivity contribution in [2.75, 3.05) is 25.0 Å². The summed E-state index contributed by atoms with van der Waals surface area (Å²) in [7, 11) is 0. The fraction of sp³-hybridized carbons (Fsp3) is 0.462. The molecule has 1 amide bonds. The number of hydrogen-bond acceptors (Lipinski definition) is 4. The van der Waals surface area contributed by atoms with E-state index >= 15 is 0 Å². The van der Waals surface area contributed by atoms with Gasteiger partial charge in [0.2, 0.25) is 5.91 Å². The topological polar surface area (TPSA) is 75.5 Å². The normalized spacial score (nSPS) is 14.5. The summed E-state index contributed by atoms with van der Waals surface area (Å²) in [5, 5.41) is 13.8. The summed E-state index contributed by atoms with van der Waals surface area (Å²) in [6, 6.07) is 4.83. The van der Waals surface area contributed by atoms with E-state index in [1.54, 1.807) is 19.1 Å². The number of nitro benzene ring substituents is 1. The van der Waals surface area contributed by atoms with Crippen molar-refractivity contribution in [3.63, 3.8) is 0 Å². The summed E-state index contributed by atoms with van der Waals surface area (Å²) >= 11 is 0. The first-order valence-electron chi connectivity index (χ1n) is 6.35. The maximum atomic E-state index is 11.9. The molecule has 1 N–H and O–H groups in total. The largest absolute Gasteiger partial charge is 0.376 e. The van der Waals surface area contributed by atoms with Gasteiger partial charge in [-0.2, -0.15) is 0 Å². The molecule has 0 radical (unpaired) electrons. The van der Waals surface area contributed by atoms with E-state index < -0.39 is 4.92 Å². The zero-order valence-corrected chi connectivity index (χ0v) is 10.9. The predicted molar refractivity (Wildman–Crippen MR) is 72.1 cm³/mol. The van der Waals surface area contributed by atoms with Gasteiger partial charge in [0, 0.05) is 30.4 Å². The number of nitrogens with zero attached hydrogens (tertiary/aromatic N) is 2. The third kappa shape index (κ3) is 3.01. The van der Waals surface area contributed by atoms with Gasteiger partial charge in [-0.3, -0.25) is 14.9 Å². The number of anilines is 1. The number of rotatable bonds is 4. The van der Waals surface area contributed by atoms with E-state index in [1.165, 1.54) is 6.07 Å². The van der Waals surface area contributed by atoms with Crippen LogP contribution in [0.2, 0.25) is 0 Å². The molecule has 1 aliphatic heterocycles. The van der Waals surface area contributed by atoms with Gasteiger partial charge in [0.1, 0.15) is 0 Å². The summed E-state index contributed by atoms with van der Waals surface area (Å²) in [5.41, 5.74) is 1.27. The minimum Gasteiger partial charge on any atom is -0.376 e. The van der Waals surface area contributed by atoms with Gasteiger partial charge in [0.15, 0.2) is 0 Å². The Hall–Kier alpha value is -2.11. The lowest BCUT2D eigenvalue weighted by molar-refractivity contribution is -0.385. The summed E-state index contributed by atoms with van der Waals surface area (Å²) in [5.74, 6) is 0.0448. The number of amides is 1. The highest BCUT2D eigenvalue weighted by Gasteiger charge is 2.18. The highest BCUT2D eigenvalue weighted by Crippen LogP contribution is 2.24. The van der Waals surface area contributed by atoms with Crippen LogP contribution in [0.15, 0.2) is 18.2 Å². The fourth-order valence-corrected chi connectivity index (χ4v) is 2.26. The Morgan fingerprint density at radius 2 is 2.11 bits per heavy atom. The van der Waals surface area contributed by atoms with Crippen molar-refractivity contribution in [2.24, 2.45) is 0 Å². The SMILES string of the molecule is Cc1c(NCC(=O)N2CCCC2)cccc1[N+](=O)[O-]. The van der Waals surface area contributed by atoms with Crippen molar-refractivity contribution in [1.29, 1.82) is 0 Å². The van der Waals surface area contributed by atoms with Crippen LogP contribution >= 0.6 is 0 Å². The Bertz CT molecular complexity index is 496. The van der Waals surface area contributed by atoms with E-state index in [1.807, 2.05) is 4.90 Å². The van der Waals surface area contributed by atoms with Crippen molar-refractivity contribution in [1.82, 2.24) is 4.90 Å². The Morgan fingerprint density at radius 3 is 2.74 bits per heavy atom. The number of benzene rings is 1. The maximum Gasteiger partial charge on any atom is 0.274 e. The number of carbonyl (C=O) groups is 1. The second-order valence-electron chi connectivity index (χ2n) is 4.65. The molecule has 0 spiro atoms. The lowest BCUT2D eigenvalue weighted by Gasteiger charge is -2.16. The molecular formula is C13H17N3O3. The molecule has 0 bridgehead atoms. The van der Waals surface area contributed by atoms with Gasteiger partial charge in [-0.1, -0.05) is 6.07 Å². The monoisotopic (exact) mass is 263 g/mol.